The smallest absolute Gasteiger partial charge is 0.238 e. The largest absolute Gasteiger partial charge is 0.352 e. The third-order valence-electron chi connectivity index (χ3n) is 3.22. The van der Waals surface area contributed by atoms with E-state index < -0.39 is 0 Å². The lowest BCUT2D eigenvalue weighted by molar-refractivity contribution is -0.120. The van der Waals surface area contributed by atoms with Crippen LogP contribution in [0.3, 0.4) is 0 Å². The molecule has 0 saturated heterocycles. The van der Waals surface area contributed by atoms with Gasteiger partial charge in [-0.05, 0) is 35.4 Å². The average molecular weight is 386 g/mol. The molecule has 0 heterocycles. The second kappa shape index (κ2) is 8.85. The molecule has 122 valence electrons. The molecule has 2 aromatic rings. The highest BCUT2D eigenvalue weighted by Gasteiger charge is 2.05. The fourth-order valence-electron chi connectivity index (χ4n) is 2.09. The van der Waals surface area contributed by atoms with E-state index in [0.717, 1.165) is 15.6 Å². The molecule has 0 bridgehead atoms. The van der Waals surface area contributed by atoms with E-state index in [1.807, 2.05) is 30.3 Å². The van der Waals surface area contributed by atoms with Crippen molar-refractivity contribution in [3.63, 3.8) is 0 Å². The first-order valence-electron chi connectivity index (χ1n) is 7.33. The number of hydrogen-bond acceptors (Lipinski definition) is 3. The molecule has 0 unspecified atom stereocenters. The van der Waals surface area contributed by atoms with Crippen LogP contribution in [0.5, 0.6) is 0 Å². The highest BCUT2D eigenvalue weighted by molar-refractivity contribution is 9.10. The predicted molar refractivity (Wildman–Crippen MR) is 95.0 cm³/mol. The Hall–Kier alpha value is -2.65. The summed E-state index contributed by atoms with van der Waals surface area (Å²) in [7, 11) is 0. The summed E-state index contributed by atoms with van der Waals surface area (Å²) in [5.41, 5.74) is 2.41. The lowest BCUT2D eigenvalue weighted by atomic mass is 10.1. The van der Waals surface area contributed by atoms with E-state index >= 15 is 0 Å². The minimum atomic E-state index is -0.353. The van der Waals surface area contributed by atoms with Crippen LogP contribution in [-0.4, -0.2) is 11.8 Å². The molecule has 0 fully saturated rings. The standard InChI is InChI=1S/C18H16BrN3O2/c19-15-6-4-13(5-7-15)11-18(24)21-12-14-2-1-3-16(10-14)22-17(23)8-9-20/h1-7,10H,8,11-12H2,(H,21,24)(H,22,23). The summed E-state index contributed by atoms with van der Waals surface area (Å²) in [4.78, 5) is 23.4. The van der Waals surface area contributed by atoms with Crippen LogP contribution in [0, 0.1) is 11.3 Å². The quantitative estimate of drug-likeness (QED) is 0.800. The molecule has 0 aliphatic heterocycles. The molecule has 0 spiro atoms. The molecular formula is C18H16BrN3O2. The fourth-order valence-corrected chi connectivity index (χ4v) is 2.35. The number of nitrogens with zero attached hydrogens (tertiary/aromatic N) is 1. The molecule has 0 aromatic heterocycles. The van der Waals surface area contributed by atoms with Crippen LogP contribution < -0.4 is 10.6 Å². The highest BCUT2D eigenvalue weighted by atomic mass is 79.9. The maximum atomic E-state index is 12.0. The molecule has 6 heteroatoms. The van der Waals surface area contributed by atoms with Gasteiger partial charge in [0.1, 0.15) is 6.42 Å². The second-order valence-corrected chi connectivity index (χ2v) is 6.08. The molecule has 2 N–H and O–H groups in total. The Balaban J connectivity index is 1.87. The summed E-state index contributed by atoms with van der Waals surface area (Å²) in [6, 6.07) is 16.6. The summed E-state index contributed by atoms with van der Waals surface area (Å²) in [6.45, 7) is 0.372. The topological polar surface area (TPSA) is 82.0 Å². The van der Waals surface area contributed by atoms with Gasteiger partial charge >= 0.3 is 0 Å². The number of hydrogen-bond donors (Lipinski definition) is 2. The molecule has 24 heavy (non-hydrogen) atoms. The van der Waals surface area contributed by atoms with Crippen molar-refractivity contribution in [1.82, 2.24) is 5.32 Å². The zero-order chi connectivity index (χ0) is 17.4. The Bertz CT molecular complexity index is 767. The molecule has 5 nitrogen and oxygen atoms in total. The molecule has 0 atom stereocenters. The van der Waals surface area contributed by atoms with Gasteiger partial charge in [0.2, 0.25) is 11.8 Å². The maximum absolute atomic E-state index is 12.0. The van der Waals surface area contributed by atoms with Crippen LogP contribution in [0.1, 0.15) is 17.5 Å². The van der Waals surface area contributed by atoms with Gasteiger partial charge in [0.05, 0.1) is 12.5 Å². The maximum Gasteiger partial charge on any atom is 0.238 e. The second-order valence-electron chi connectivity index (χ2n) is 5.16. The first-order chi connectivity index (χ1) is 11.6. The van der Waals surface area contributed by atoms with Crippen molar-refractivity contribution < 1.29 is 9.59 Å². The zero-order valence-corrected chi connectivity index (χ0v) is 14.5. The van der Waals surface area contributed by atoms with E-state index in [2.05, 4.69) is 26.6 Å². The van der Waals surface area contributed by atoms with Crippen molar-refractivity contribution >= 4 is 33.4 Å². The molecule has 2 rings (SSSR count). The number of carbonyl (C=O) groups excluding carboxylic acids is 2. The van der Waals surface area contributed by atoms with Crippen LogP contribution in [-0.2, 0) is 22.6 Å². The van der Waals surface area contributed by atoms with Gasteiger partial charge in [-0.15, -0.1) is 0 Å². The lowest BCUT2D eigenvalue weighted by Gasteiger charge is -2.08. The molecular weight excluding hydrogens is 370 g/mol. The molecule has 0 saturated carbocycles. The van der Waals surface area contributed by atoms with E-state index in [4.69, 9.17) is 5.26 Å². The number of rotatable bonds is 6. The molecule has 0 aliphatic carbocycles. The summed E-state index contributed by atoms with van der Waals surface area (Å²) >= 11 is 3.36. The zero-order valence-electron chi connectivity index (χ0n) is 12.9. The van der Waals surface area contributed by atoms with Crippen molar-refractivity contribution in [3.8, 4) is 6.07 Å². The molecule has 0 radical (unpaired) electrons. The summed E-state index contributed by atoms with van der Waals surface area (Å²) in [5.74, 6) is -0.426. The Morgan fingerprint density at radius 2 is 1.79 bits per heavy atom. The van der Waals surface area contributed by atoms with Gasteiger partial charge in [0.15, 0.2) is 0 Å². The number of nitrogens with one attached hydrogen (secondary N) is 2. The van der Waals surface area contributed by atoms with Gasteiger partial charge in [0.25, 0.3) is 0 Å². The monoisotopic (exact) mass is 385 g/mol. The van der Waals surface area contributed by atoms with Crippen LogP contribution in [0.25, 0.3) is 0 Å². The molecule has 0 aliphatic rings. The third-order valence-corrected chi connectivity index (χ3v) is 3.75. The van der Waals surface area contributed by atoms with Gasteiger partial charge in [0, 0.05) is 16.7 Å². The van der Waals surface area contributed by atoms with E-state index in [1.165, 1.54) is 0 Å². The Morgan fingerprint density at radius 3 is 2.50 bits per heavy atom. The van der Waals surface area contributed by atoms with Gasteiger partial charge in [-0.1, -0.05) is 40.2 Å². The molecule has 2 aromatic carbocycles. The number of halogens is 1. The van der Waals surface area contributed by atoms with Crippen LogP contribution in [0.4, 0.5) is 5.69 Å². The van der Waals surface area contributed by atoms with Gasteiger partial charge in [-0.25, -0.2) is 0 Å². The first kappa shape index (κ1) is 17.7. The Kier molecular flexibility index (Phi) is 6.52. The van der Waals surface area contributed by atoms with Crippen molar-refractivity contribution in [3.05, 3.63) is 64.1 Å². The minimum Gasteiger partial charge on any atom is -0.352 e. The minimum absolute atomic E-state index is 0.0729. The average Bonchev–Trinajstić information content (AvgIpc) is 2.56. The number of benzene rings is 2. The van der Waals surface area contributed by atoms with Gasteiger partial charge < -0.3 is 10.6 Å². The fraction of sp³-hybridized carbons (Fsp3) is 0.167. The summed E-state index contributed by atoms with van der Waals surface area (Å²) in [5, 5.41) is 14.0. The number of carbonyl (C=O) groups is 2. The number of anilines is 1. The van der Waals surface area contributed by atoms with Crippen molar-refractivity contribution in [2.24, 2.45) is 0 Å². The Morgan fingerprint density at radius 1 is 1.04 bits per heavy atom. The van der Waals surface area contributed by atoms with E-state index in [-0.39, 0.29) is 18.2 Å². The number of amides is 2. The van der Waals surface area contributed by atoms with E-state index in [0.29, 0.717) is 18.7 Å². The lowest BCUT2D eigenvalue weighted by Crippen LogP contribution is -2.24. The molecule has 2 amide bonds. The Labute approximate surface area is 148 Å². The van der Waals surface area contributed by atoms with E-state index in [9.17, 15) is 9.59 Å². The van der Waals surface area contributed by atoms with Crippen molar-refractivity contribution in [2.45, 2.75) is 19.4 Å². The van der Waals surface area contributed by atoms with Gasteiger partial charge in [-0.3, -0.25) is 9.59 Å². The SMILES string of the molecule is N#CCC(=O)Nc1cccc(CNC(=O)Cc2ccc(Br)cc2)c1. The summed E-state index contributed by atoms with van der Waals surface area (Å²) < 4.78 is 0.974. The highest BCUT2D eigenvalue weighted by Crippen LogP contribution is 2.12. The van der Waals surface area contributed by atoms with Crippen LogP contribution >= 0.6 is 15.9 Å². The van der Waals surface area contributed by atoms with Crippen molar-refractivity contribution in [2.75, 3.05) is 5.32 Å². The predicted octanol–water partition coefficient (Wildman–Crippen LogP) is 3.16. The first-order valence-corrected chi connectivity index (χ1v) is 8.13. The number of nitriles is 1. The van der Waals surface area contributed by atoms with Crippen LogP contribution in [0.2, 0.25) is 0 Å². The van der Waals surface area contributed by atoms with E-state index in [1.54, 1.807) is 24.3 Å². The van der Waals surface area contributed by atoms with Crippen LogP contribution in [0.15, 0.2) is 53.0 Å². The summed E-state index contributed by atoms with van der Waals surface area (Å²) in [6.07, 6.45) is 0.125. The third kappa shape index (κ3) is 5.86. The van der Waals surface area contributed by atoms with Gasteiger partial charge in [-0.2, -0.15) is 5.26 Å². The van der Waals surface area contributed by atoms with Crippen molar-refractivity contribution in [1.29, 1.82) is 5.26 Å². The normalized spacial score (nSPS) is 9.83.